The summed E-state index contributed by atoms with van der Waals surface area (Å²) in [7, 11) is 0. The molecule has 0 bridgehead atoms. The molecule has 3 aromatic carbocycles. The van der Waals surface area contributed by atoms with Gasteiger partial charge in [0, 0.05) is 12.0 Å². The number of hydrogen-bond acceptors (Lipinski definition) is 4. The minimum Gasteiger partial charge on any atom is -0.489 e. The van der Waals surface area contributed by atoms with Crippen LogP contribution < -0.4 is 4.74 Å². The summed E-state index contributed by atoms with van der Waals surface area (Å²) in [4.78, 5) is 13.0. The molecule has 1 saturated heterocycles. The number of rotatable bonds is 10. The number of Topliss-reactive ketones (excluding diaryl/α,β-unsaturated/α-hetero) is 1. The Balaban J connectivity index is 1.44. The highest BCUT2D eigenvalue weighted by Gasteiger charge is 2.27. The van der Waals surface area contributed by atoms with Crippen molar-refractivity contribution >= 4 is 5.78 Å². The predicted molar refractivity (Wildman–Crippen MR) is 111 cm³/mol. The van der Waals surface area contributed by atoms with Gasteiger partial charge in [-0.05, 0) is 23.3 Å². The van der Waals surface area contributed by atoms with Crippen LogP contribution in [0.5, 0.6) is 5.75 Å². The van der Waals surface area contributed by atoms with Gasteiger partial charge in [0.25, 0.3) is 0 Å². The summed E-state index contributed by atoms with van der Waals surface area (Å²) < 4.78 is 17.1. The first-order valence-corrected chi connectivity index (χ1v) is 9.86. The van der Waals surface area contributed by atoms with Crippen molar-refractivity contribution < 1.29 is 19.0 Å². The van der Waals surface area contributed by atoms with Gasteiger partial charge in [-0.25, -0.2) is 0 Å². The lowest BCUT2D eigenvalue weighted by Crippen LogP contribution is -2.28. The molecule has 4 nitrogen and oxygen atoms in total. The van der Waals surface area contributed by atoms with Gasteiger partial charge >= 0.3 is 0 Å². The normalized spacial score (nSPS) is 16.2. The number of benzene rings is 3. The molecule has 1 heterocycles. The van der Waals surface area contributed by atoms with Crippen molar-refractivity contribution in [3.8, 4) is 5.75 Å². The van der Waals surface area contributed by atoms with Crippen molar-refractivity contribution in [2.45, 2.75) is 25.2 Å². The Morgan fingerprint density at radius 1 is 0.931 bits per heavy atom. The molecule has 0 spiro atoms. The minimum absolute atomic E-state index is 0.0122. The maximum Gasteiger partial charge on any atom is 0.191 e. The molecule has 2 unspecified atom stereocenters. The fourth-order valence-corrected chi connectivity index (χ4v) is 3.12. The Labute approximate surface area is 171 Å². The number of hydrogen-bond donors (Lipinski definition) is 0. The molecular weight excluding hydrogens is 364 g/mol. The van der Waals surface area contributed by atoms with Crippen LogP contribution in [0.2, 0.25) is 0 Å². The highest BCUT2D eigenvalue weighted by atomic mass is 16.6. The predicted octanol–water partition coefficient (Wildman–Crippen LogP) is 4.48. The molecule has 1 aliphatic rings. The van der Waals surface area contributed by atoms with E-state index < -0.39 is 6.10 Å². The Morgan fingerprint density at radius 2 is 1.62 bits per heavy atom. The van der Waals surface area contributed by atoms with Gasteiger partial charge in [0.15, 0.2) is 5.78 Å². The fourth-order valence-electron chi connectivity index (χ4n) is 3.12. The third kappa shape index (κ3) is 5.76. The van der Waals surface area contributed by atoms with Crippen LogP contribution in [0, 0.1) is 0 Å². The lowest BCUT2D eigenvalue weighted by Gasteiger charge is -2.17. The molecule has 4 rings (SSSR count). The van der Waals surface area contributed by atoms with Gasteiger partial charge in [-0.15, -0.1) is 0 Å². The van der Waals surface area contributed by atoms with Crippen LogP contribution >= 0.6 is 0 Å². The quantitative estimate of drug-likeness (QED) is 0.380. The van der Waals surface area contributed by atoms with Crippen LogP contribution in [0.25, 0.3) is 0 Å². The number of carbonyl (C=O) groups is 1. The van der Waals surface area contributed by atoms with E-state index in [2.05, 4.69) is 0 Å². The van der Waals surface area contributed by atoms with Crippen molar-refractivity contribution in [2.75, 3.05) is 13.2 Å². The first-order chi connectivity index (χ1) is 14.3. The van der Waals surface area contributed by atoms with Gasteiger partial charge in [0.05, 0.1) is 13.2 Å². The zero-order valence-corrected chi connectivity index (χ0v) is 16.2. The minimum atomic E-state index is -0.550. The lowest BCUT2D eigenvalue weighted by atomic mass is 9.99. The molecular formula is C25H24O4. The summed E-state index contributed by atoms with van der Waals surface area (Å²) in [6, 6.07) is 27.2. The maximum atomic E-state index is 13.0. The number of carbonyl (C=O) groups excluding carboxylic acids is 1. The average molecular weight is 388 g/mol. The standard InChI is InChI=1S/C25H24O4/c26-25(21-11-5-2-6-12-21)24(29-18-23-17-28-23)15-20-10-7-13-22(14-20)27-16-19-8-3-1-4-9-19/h1-14,23-24H,15-18H2. The Morgan fingerprint density at radius 3 is 2.34 bits per heavy atom. The third-order valence-corrected chi connectivity index (χ3v) is 4.80. The van der Waals surface area contributed by atoms with E-state index in [1.807, 2.05) is 84.9 Å². The summed E-state index contributed by atoms with van der Waals surface area (Å²) in [5.74, 6) is 0.768. The van der Waals surface area contributed by atoms with Crippen LogP contribution in [0.15, 0.2) is 84.9 Å². The Hall–Kier alpha value is -2.95. The van der Waals surface area contributed by atoms with Crippen molar-refractivity contribution in [3.63, 3.8) is 0 Å². The SMILES string of the molecule is O=C(c1ccccc1)C(Cc1cccc(OCc2ccccc2)c1)OCC1CO1. The van der Waals surface area contributed by atoms with Gasteiger partial charge in [-0.3, -0.25) is 4.79 Å². The van der Waals surface area contributed by atoms with E-state index >= 15 is 0 Å². The zero-order valence-electron chi connectivity index (χ0n) is 16.2. The molecule has 1 aliphatic heterocycles. The van der Waals surface area contributed by atoms with E-state index in [-0.39, 0.29) is 11.9 Å². The van der Waals surface area contributed by atoms with E-state index in [4.69, 9.17) is 14.2 Å². The van der Waals surface area contributed by atoms with Crippen molar-refractivity contribution in [1.29, 1.82) is 0 Å². The van der Waals surface area contributed by atoms with Crippen LogP contribution in [-0.2, 0) is 22.5 Å². The molecule has 29 heavy (non-hydrogen) atoms. The third-order valence-electron chi connectivity index (χ3n) is 4.80. The molecule has 2 atom stereocenters. The maximum absolute atomic E-state index is 13.0. The second-order valence-corrected chi connectivity index (χ2v) is 7.13. The van der Waals surface area contributed by atoms with Gasteiger partial charge in [-0.1, -0.05) is 72.8 Å². The second kappa shape index (κ2) is 9.50. The van der Waals surface area contributed by atoms with E-state index in [9.17, 15) is 4.79 Å². The first kappa shape index (κ1) is 19.4. The summed E-state index contributed by atoms with van der Waals surface area (Å²) in [6.45, 7) is 1.65. The van der Waals surface area contributed by atoms with Gasteiger partial charge < -0.3 is 14.2 Å². The molecule has 0 radical (unpaired) electrons. The smallest absolute Gasteiger partial charge is 0.191 e. The molecule has 0 aromatic heterocycles. The molecule has 0 aliphatic carbocycles. The van der Waals surface area contributed by atoms with Crippen LogP contribution in [0.4, 0.5) is 0 Å². The first-order valence-electron chi connectivity index (χ1n) is 9.86. The fraction of sp³-hybridized carbons (Fsp3) is 0.240. The molecule has 3 aromatic rings. The number of ether oxygens (including phenoxy) is 3. The molecule has 0 saturated carbocycles. The highest BCUT2D eigenvalue weighted by Crippen LogP contribution is 2.20. The number of ketones is 1. The van der Waals surface area contributed by atoms with E-state index in [1.54, 1.807) is 0 Å². The van der Waals surface area contributed by atoms with Crippen molar-refractivity contribution in [1.82, 2.24) is 0 Å². The van der Waals surface area contributed by atoms with Gasteiger partial charge in [-0.2, -0.15) is 0 Å². The summed E-state index contributed by atoms with van der Waals surface area (Å²) in [5, 5.41) is 0. The van der Waals surface area contributed by atoms with Crippen LogP contribution in [-0.4, -0.2) is 31.2 Å². The Bertz CT molecular complexity index is 920. The molecule has 0 amide bonds. The summed E-state index contributed by atoms with van der Waals surface area (Å²) in [5.41, 5.74) is 2.77. The van der Waals surface area contributed by atoms with Gasteiger partial charge in [0.1, 0.15) is 24.6 Å². The summed E-state index contributed by atoms with van der Waals surface area (Å²) in [6.07, 6.45) is 0.0517. The van der Waals surface area contributed by atoms with Crippen molar-refractivity contribution in [2.24, 2.45) is 0 Å². The largest absolute Gasteiger partial charge is 0.489 e. The topological polar surface area (TPSA) is 48.1 Å². The van der Waals surface area contributed by atoms with E-state index in [0.29, 0.717) is 31.8 Å². The lowest BCUT2D eigenvalue weighted by molar-refractivity contribution is 0.0356. The average Bonchev–Trinajstić information content (AvgIpc) is 3.61. The highest BCUT2D eigenvalue weighted by molar-refractivity contribution is 5.99. The molecule has 1 fully saturated rings. The summed E-state index contributed by atoms with van der Waals surface area (Å²) >= 11 is 0. The molecule has 148 valence electrons. The van der Waals surface area contributed by atoms with Crippen LogP contribution in [0.1, 0.15) is 21.5 Å². The second-order valence-electron chi connectivity index (χ2n) is 7.13. The molecule has 0 N–H and O–H groups in total. The zero-order chi connectivity index (χ0) is 19.9. The number of epoxide rings is 1. The molecule has 4 heteroatoms. The van der Waals surface area contributed by atoms with E-state index in [1.165, 1.54) is 0 Å². The van der Waals surface area contributed by atoms with Crippen molar-refractivity contribution in [3.05, 3.63) is 102 Å². The van der Waals surface area contributed by atoms with E-state index in [0.717, 1.165) is 16.9 Å². The monoisotopic (exact) mass is 388 g/mol. The Kier molecular flexibility index (Phi) is 6.35. The van der Waals surface area contributed by atoms with Crippen LogP contribution in [0.3, 0.4) is 0 Å². The van der Waals surface area contributed by atoms with Gasteiger partial charge in [0.2, 0.25) is 0 Å².